The largest absolute Gasteiger partial charge is 0.364 e. The van der Waals surface area contributed by atoms with Gasteiger partial charge in [-0.1, -0.05) is 12.1 Å². The topological polar surface area (TPSA) is 207 Å². The molecular formula is C12H6N4O10S. The number of hydrogen-bond donors (Lipinski definition) is 0. The highest BCUT2D eigenvalue weighted by molar-refractivity contribution is 7.91. The molecule has 2 aromatic rings. The van der Waals surface area contributed by atoms with Crippen LogP contribution in [0.1, 0.15) is 0 Å². The van der Waals surface area contributed by atoms with Crippen LogP contribution in [0, 0.1) is 40.5 Å². The normalized spacial score (nSPS) is 11.0. The Morgan fingerprint density at radius 3 is 1.19 bits per heavy atom. The maximum absolute atomic E-state index is 12.8. The molecule has 0 unspecified atom stereocenters. The van der Waals surface area contributed by atoms with E-state index in [1.165, 1.54) is 0 Å². The van der Waals surface area contributed by atoms with Crippen LogP contribution in [-0.2, 0) is 9.84 Å². The van der Waals surface area contributed by atoms with E-state index in [0.29, 0.717) is 24.3 Å². The first kappa shape index (κ1) is 19.3. The smallest absolute Gasteiger partial charge is 0.258 e. The summed E-state index contributed by atoms with van der Waals surface area (Å²) in [4.78, 5) is 36.9. The Morgan fingerprint density at radius 1 is 0.593 bits per heavy atom. The van der Waals surface area contributed by atoms with Gasteiger partial charge in [0.15, 0.2) is 9.79 Å². The first-order chi connectivity index (χ1) is 12.5. The van der Waals surface area contributed by atoms with Crippen molar-refractivity contribution in [1.29, 1.82) is 0 Å². The van der Waals surface area contributed by atoms with Gasteiger partial charge in [0.25, 0.3) is 0 Å². The van der Waals surface area contributed by atoms with Crippen molar-refractivity contribution >= 4 is 32.6 Å². The number of rotatable bonds is 6. The first-order valence-corrected chi connectivity index (χ1v) is 8.07. The quantitative estimate of drug-likeness (QED) is 0.511. The predicted octanol–water partition coefficient (Wildman–Crippen LogP) is 2.15. The molecule has 0 saturated carbocycles. The second-order valence-electron chi connectivity index (χ2n) is 4.78. The molecule has 140 valence electrons. The molecule has 0 spiro atoms. The Labute approximate surface area is 148 Å². The fourth-order valence-corrected chi connectivity index (χ4v) is 3.85. The van der Waals surface area contributed by atoms with Crippen LogP contribution in [0.2, 0.25) is 0 Å². The van der Waals surface area contributed by atoms with E-state index >= 15 is 0 Å². The molecule has 0 atom stereocenters. The van der Waals surface area contributed by atoms with Crippen LogP contribution in [0.3, 0.4) is 0 Å². The summed E-state index contributed by atoms with van der Waals surface area (Å²) in [5, 5.41) is 44.4. The molecule has 0 amide bonds. The van der Waals surface area contributed by atoms with Crippen LogP contribution in [0.25, 0.3) is 0 Å². The van der Waals surface area contributed by atoms with Crippen molar-refractivity contribution in [3.63, 3.8) is 0 Å². The molecule has 0 aliphatic rings. The minimum Gasteiger partial charge on any atom is -0.258 e. The van der Waals surface area contributed by atoms with Gasteiger partial charge in [0.1, 0.15) is 0 Å². The number of sulfone groups is 1. The zero-order valence-corrected chi connectivity index (χ0v) is 13.6. The molecular weight excluding hydrogens is 392 g/mol. The van der Waals surface area contributed by atoms with Gasteiger partial charge in [-0.15, -0.1) is 0 Å². The van der Waals surface area contributed by atoms with Crippen molar-refractivity contribution in [1.82, 2.24) is 0 Å². The molecule has 14 nitrogen and oxygen atoms in total. The molecule has 0 aromatic heterocycles. The Balaban J connectivity index is 2.95. The van der Waals surface area contributed by atoms with Crippen LogP contribution in [0.4, 0.5) is 22.7 Å². The van der Waals surface area contributed by atoms with E-state index < -0.39 is 62.1 Å². The van der Waals surface area contributed by atoms with Crippen molar-refractivity contribution in [2.24, 2.45) is 0 Å². The van der Waals surface area contributed by atoms with Gasteiger partial charge in [-0.25, -0.2) is 8.42 Å². The Morgan fingerprint density at radius 2 is 0.926 bits per heavy atom. The van der Waals surface area contributed by atoms with Crippen LogP contribution in [0.5, 0.6) is 0 Å². The lowest BCUT2D eigenvalue weighted by molar-refractivity contribution is -0.425. The van der Waals surface area contributed by atoms with E-state index in [4.69, 9.17) is 0 Å². The average Bonchev–Trinajstić information content (AvgIpc) is 2.59. The summed E-state index contributed by atoms with van der Waals surface area (Å²) in [7, 11) is -5.09. The third-order valence-electron chi connectivity index (χ3n) is 3.29. The standard InChI is InChI=1S/C12H6N4O10S/c17-13(18)7-3-1-5-9(11(7)15(21)22)27(25,26)10-6-2-4-8(14(19)20)12(10)16(23)24/h1-6H. The first-order valence-electron chi connectivity index (χ1n) is 6.58. The van der Waals surface area contributed by atoms with Crippen LogP contribution >= 0.6 is 0 Å². The molecule has 2 aromatic carbocycles. The summed E-state index contributed by atoms with van der Waals surface area (Å²) in [5.41, 5.74) is -5.14. The van der Waals surface area contributed by atoms with Gasteiger partial charge < -0.3 is 0 Å². The molecule has 0 saturated heterocycles. The highest BCUT2D eigenvalue weighted by atomic mass is 32.2. The van der Waals surface area contributed by atoms with Gasteiger partial charge >= 0.3 is 22.7 Å². The van der Waals surface area contributed by atoms with Gasteiger partial charge in [0.05, 0.1) is 19.7 Å². The number of para-hydroxylation sites is 2. The predicted molar refractivity (Wildman–Crippen MR) is 85.0 cm³/mol. The Bertz CT molecular complexity index is 1030. The summed E-state index contributed by atoms with van der Waals surface area (Å²) < 4.78 is 25.6. The minimum atomic E-state index is -5.09. The van der Waals surface area contributed by atoms with Crippen molar-refractivity contribution in [2.45, 2.75) is 9.79 Å². The number of hydrogen-bond acceptors (Lipinski definition) is 10. The van der Waals surface area contributed by atoms with Gasteiger partial charge in [-0.2, -0.15) is 0 Å². The number of benzene rings is 2. The fourth-order valence-electron chi connectivity index (χ4n) is 2.24. The van der Waals surface area contributed by atoms with Crippen LogP contribution in [-0.4, -0.2) is 28.1 Å². The maximum Gasteiger partial charge on any atom is 0.364 e. The van der Waals surface area contributed by atoms with E-state index in [1.807, 2.05) is 0 Å². The van der Waals surface area contributed by atoms with E-state index in [0.717, 1.165) is 12.1 Å². The minimum absolute atomic E-state index is 0.642. The monoisotopic (exact) mass is 398 g/mol. The molecule has 0 aliphatic carbocycles. The van der Waals surface area contributed by atoms with E-state index in [1.54, 1.807) is 0 Å². The second-order valence-corrected chi connectivity index (χ2v) is 6.67. The van der Waals surface area contributed by atoms with Gasteiger partial charge in [-0.05, 0) is 12.1 Å². The summed E-state index contributed by atoms with van der Waals surface area (Å²) in [5.74, 6) is 0. The van der Waals surface area contributed by atoms with Crippen LogP contribution in [0.15, 0.2) is 46.2 Å². The van der Waals surface area contributed by atoms with Crippen molar-refractivity contribution in [3.8, 4) is 0 Å². The van der Waals surface area contributed by atoms with Gasteiger partial charge in [-0.3, -0.25) is 40.5 Å². The number of nitro benzene ring substituents is 4. The summed E-state index contributed by atoms with van der Waals surface area (Å²) in [6.07, 6.45) is 0. The zero-order valence-electron chi connectivity index (χ0n) is 12.7. The second kappa shape index (κ2) is 6.71. The number of nitrogens with zero attached hydrogens (tertiary/aromatic N) is 4. The summed E-state index contributed by atoms with van der Waals surface area (Å²) in [6, 6.07) is 4.31. The lowest BCUT2D eigenvalue weighted by atomic mass is 10.2. The fraction of sp³-hybridized carbons (Fsp3) is 0. The Kier molecular flexibility index (Phi) is 4.80. The van der Waals surface area contributed by atoms with Crippen molar-refractivity contribution in [2.75, 3.05) is 0 Å². The molecule has 0 fully saturated rings. The van der Waals surface area contributed by atoms with Crippen molar-refractivity contribution < 1.29 is 28.1 Å². The Hall–Kier alpha value is -4.01. The highest BCUT2D eigenvalue weighted by Gasteiger charge is 2.41. The molecule has 0 heterocycles. The summed E-state index contributed by atoms with van der Waals surface area (Å²) in [6.45, 7) is 0. The maximum atomic E-state index is 12.8. The SMILES string of the molecule is O=[N+]([O-])c1cccc(S(=O)(=O)c2cccc([N+](=O)[O-])c2[N+](=O)[O-])c1[N+](=O)[O-]. The molecule has 15 heteroatoms. The highest BCUT2D eigenvalue weighted by Crippen LogP contribution is 2.41. The van der Waals surface area contributed by atoms with E-state index in [9.17, 15) is 48.9 Å². The molecule has 2 rings (SSSR count). The van der Waals surface area contributed by atoms with E-state index in [2.05, 4.69) is 0 Å². The lowest BCUT2D eigenvalue weighted by Crippen LogP contribution is -2.11. The van der Waals surface area contributed by atoms with Crippen LogP contribution < -0.4 is 0 Å². The van der Waals surface area contributed by atoms with Gasteiger partial charge in [0.2, 0.25) is 9.84 Å². The molecule has 27 heavy (non-hydrogen) atoms. The zero-order chi connectivity index (χ0) is 20.5. The van der Waals surface area contributed by atoms with Gasteiger partial charge in [0, 0.05) is 12.1 Å². The lowest BCUT2D eigenvalue weighted by Gasteiger charge is -2.06. The number of nitro groups is 4. The van der Waals surface area contributed by atoms with E-state index in [-0.39, 0.29) is 0 Å². The molecule has 0 bridgehead atoms. The third-order valence-corrected chi connectivity index (χ3v) is 5.11. The molecule has 0 radical (unpaired) electrons. The third kappa shape index (κ3) is 3.25. The average molecular weight is 398 g/mol. The summed E-state index contributed by atoms with van der Waals surface area (Å²) >= 11 is 0. The molecule has 0 N–H and O–H groups in total. The van der Waals surface area contributed by atoms with Crippen molar-refractivity contribution in [3.05, 3.63) is 76.9 Å². The molecule has 0 aliphatic heterocycles.